The van der Waals surface area contributed by atoms with Crippen molar-refractivity contribution in [3.63, 3.8) is 0 Å². The van der Waals surface area contributed by atoms with Gasteiger partial charge in [0.15, 0.2) is 5.82 Å². The SMILES string of the molecule is Cc1ccc(N2CCCC2)c(-c2nc(C3(N)CCC3)no2)c1. The van der Waals surface area contributed by atoms with Crippen molar-refractivity contribution in [3.8, 4) is 11.5 Å². The van der Waals surface area contributed by atoms with E-state index in [0.717, 1.165) is 37.9 Å². The van der Waals surface area contributed by atoms with Crippen molar-refractivity contribution < 1.29 is 4.52 Å². The lowest BCUT2D eigenvalue weighted by Gasteiger charge is -2.34. The van der Waals surface area contributed by atoms with Gasteiger partial charge < -0.3 is 15.2 Å². The topological polar surface area (TPSA) is 68.2 Å². The second kappa shape index (κ2) is 5.09. The molecule has 5 heteroatoms. The Morgan fingerprint density at radius 1 is 1.18 bits per heavy atom. The van der Waals surface area contributed by atoms with Gasteiger partial charge in [-0.15, -0.1) is 0 Å². The zero-order valence-corrected chi connectivity index (χ0v) is 13.0. The van der Waals surface area contributed by atoms with Crippen molar-refractivity contribution in [1.29, 1.82) is 0 Å². The number of nitrogens with two attached hydrogens (primary N) is 1. The fourth-order valence-electron chi connectivity index (χ4n) is 3.37. The minimum atomic E-state index is -0.376. The summed E-state index contributed by atoms with van der Waals surface area (Å²) < 4.78 is 5.56. The number of benzene rings is 1. The molecular weight excluding hydrogens is 276 g/mol. The zero-order valence-electron chi connectivity index (χ0n) is 13.0. The summed E-state index contributed by atoms with van der Waals surface area (Å²) in [4.78, 5) is 7.02. The third kappa shape index (κ3) is 2.20. The predicted molar refractivity (Wildman–Crippen MR) is 85.6 cm³/mol. The first-order valence-corrected chi connectivity index (χ1v) is 8.15. The van der Waals surface area contributed by atoms with E-state index in [1.807, 2.05) is 0 Å². The van der Waals surface area contributed by atoms with Crippen LogP contribution in [0.1, 0.15) is 43.5 Å². The summed E-state index contributed by atoms with van der Waals surface area (Å²) in [5.41, 5.74) is 9.36. The van der Waals surface area contributed by atoms with Crippen LogP contribution < -0.4 is 10.6 Å². The highest BCUT2D eigenvalue weighted by molar-refractivity contribution is 5.74. The molecule has 22 heavy (non-hydrogen) atoms. The quantitative estimate of drug-likeness (QED) is 0.943. The first-order chi connectivity index (χ1) is 10.7. The van der Waals surface area contributed by atoms with Crippen LogP contribution in [0, 0.1) is 6.92 Å². The van der Waals surface area contributed by atoms with Gasteiger partial charge in [-0.05, 0) is 51.2 Å². The lowest BCUT2D eigenvalue weighted by molar-refractivity contribution is 0.229. The van der Waals surface area contributed by atoms with E-state index in [9.17, 15) is 0 Å². The molecule has 1 aromatic carbocycles. The molecule has 0 atom stereocenters. The van der Waals surface area contributed by atoms with Gasteiger partial charge in [-0.25, -0.2) is 0 Å². The van der Waals surface area contributed by atoms with E-state index in [-0.39, 0.29) is 5.54 Å². The molecule has 1 saturated carbocycles. The Morgan fingerprint density at radius 2 is 1.95 bits per heavy atom. The van der Waals surface area contributed by atoms with E-state index in [4.69, 9.17) is 10.3 Å². The van der Waals surface area contributed by atoms with Gasteiger partial charge in [0.2, 0.25) is 0 Å². The number of nitrogens with zero attached hydrogens (tertiary/aromatic N) is 3. The number of aryl methyl sites for hydroxylation is 1. The molecule has 4 rings (SSSR count). The van der Waals surface area contributed by atoms with E-state index < -0.39 is 0 Å². The normalized spacial score (nSPS) is 20.2. The van der Waals surface area contributed by atoms with Crippen molar-refractivity contribution in [2.75, 3.05) is 18.0 Å². The minimum Gasteiger partial charge on any atom is -0.371 e. The summed E-state index contributed by atoms with van der Waals surface area (Å²) in [7, 11) is 0. The Morgan fingerprint density at radius 3 is 2.64 bits per heavy atom. The number of aromatic nitrogens is 2. The molecule has 2 N–H and O–H groups in total. The van der Waals surface area contributed by atoms with Crippen LogP contribution >= 0.6 is 0 Å². The van der Waals surface area contributed by atoms with Gasteiger partial charge in [0.1, 0.15) is 0 Å². The van der Waals surface area contributed by atoms with Crippen LogP contribution in [0.3, 0.4) is 0 Å². The Balaban J connectivity index is 1.73. The average Bonchev–Trinajstić information content (AvgIpc) is 3.16. The van der Waals surface area contributed by atoms with Gasteiger partial charge in [0, 0.05) is 18.8 Å². The molecule has 1 aromatic heterocycles. The highest BCUT2D eigenvalue weighted by atomic mass is 16.5. The molecule has 0 radical (unpaired) electrons. The van der Waals surface area contributed by atoms with Crippen molar-refractivity contribution in [2.45, 2.75) is 44.6 Å². The standard InChI is InChI=1S/C17H22N4O/c1-12-5-6-14(21-9-2-3-10-21)13(11-12)15-19-16(20-22-15)17(18)7-4-8-17/h5-6,11H,2-4,7-10,18H2,1H3. The van der Waals surface area contributed by atoms with Gasteiger partial charge >= 0.3 is 0 Å². The number of anilines is 1. The smallest absolute Gasteiger partial charge is 0.260 e. The second-order valence-corrected chi connectivity index (χ2v) is 6.65. The molecule has 2 aliphatic rings. The van der Waals surface area contributed by atoms with Crippen molar-refractivity contribution in [2.24, 2.45) is 5.73 Å². The van der Waals surface area contributed by atoms with E-state index >= 15 is 0 Å². The van der Waals surface area contributed by atoms with Crippen molar-refractivity contribution >= 4 is 5.69 Å². The Labute approximate surface area is 130 Å². The number of rotatable bonds is 3. The molecule has 2 fully saturated rings. The monoisotopic (exact) mass is 298 g/mol. The van der Waals surface area contributed by atoms with Crippen molar-refractivity contribution in [3.05, 3.63) is 29.6 Å². The Hall–Kier alpha value is -1.88. The van der Waals surface area contributed by atoms with Gasteiger partial charge in [-0.1, -0.05) is 16.8 Å². The summed E-state index contributed by atoms with van der Waals surface area (Å²) in [6.45, 7) is 4.28. The first-order valence-electron chi connectivity index (χ1n) is 8.15. The fourth-order valence-corrected chi connectivity index (χ4v) is 3.37. The lowest BCUT2D eigenvalue weighted by atomic mass is 9.77. The fraction of sp³-hybridized carbons (Fsp3) is 0.529. The van der Waals surface area contributed by atoms with E-state index in [1.54, 1.807) is 0 Å². The van der Waals surface area contributed by atoms with Gasteiger partial charge in [-0.2, -0.15) is 4.98 Å². The molecule has 1 saturated heterocycles. The summed E-state index contributed by atoms with van der Waals surface area (Å²) in [6.07, 6.45) is 5.52. The second-order valence-electron chi connectivity index (χ2n) is 6.65. The van der Waals surface area contributed by atoms with E-state index in [0.29, 0.717) is 11.7 Å². The lowest BCUT2D eigenvalue weighted by Crippen LogP contribution is -2.44. The molecule has 116 valence electrons. The third-order valence-corrected chi connectivity index (χ3v) is 4.95. The number of hydrogen-bond donors (Lipinski definition) is 1. The Bertz CT molecular complexity index is 684. The maximum atomic E-state index is 6.31. The molecule has 0 amide bonds. The predicted octanol–water partition coefficient (Wildman–Crippen LogP) is 2.98. The molecule has 0 spiro atoms. The molecule has 1 aliphatic carbocycles. The third-order valence-electron chi connectivity index (χ3n) is 4.95. The van der Waals surface area contributed by atoms with Crippen LogP contribution in [-0.2, 0) is 5.54 Å². The highest BCUT2D eigenvalue weighted by Gasteiger charge is 2.39. The van der Waals surface area contributed by atoms with E-state index in [2.05, 4.69) is 40.2 Å². The summed E-state index contributed by atoms with van der Waals surface area (Å²) >= 11 is 0. The highest BCUT2D eigenvalue weighted by Crippen LogP contribution is 2.39. The summed E-state index contributed by atoms with van der Waals surface area (Å²) in [6, 6.07) is 6.45. The molecule has 0 bridgehead atoms. The molecular formula is C17H22N4O. The Kier molecular flexibility index (Phi) is 3.18. The van der Waals surface area contributed by atoms with Crippen LogP contribution in [0.5, 0.6) is 0 Å². The number of hydrogen-bond acceptors (Lipinski definition) is 5. The summed E-state index contributed by atoms with van der Waals surface area (Å²) in [5, 5.41) is 4.15. The van der Waals surface area contributed by atoms with E-state index in [1.165, 1.54) is 24.1 Å². The maximum absolute atomic E-state index is 6.31. The molecule has 1 aliphatic heterocycles. The minimum absolute atomic E-state index is 0.376. The van der Waals surface area contributed by atoms with Crippen LogP contribution in [-0.4, -0.2) is 23.2 Å². The largest absolute Gasteiger partial charge is 0.371 e. The van der Waals surface area contributed by atoms with Crippen LogP contribution in [0.15, 0.2) is 22.7 Å². The average molecular weight is 298 g/mol. The van der Waals surface area contributed by atoms with Crippen LogP contribution in [0.25, 0.3) is 11.5 Å². The van der Waals surface area contributed by atoms with Crippen LogP contribution in [0.2, 0.25) is 0 Å². The molecule has 2 heterocycles. The zero-order chi connectivity index (χ0) is 15.2. The van der Waals surface area contributed by atoms with Crippen LogP contribution in [0.4, 0.5) is 5.69 Å². The maximum Gasteiger partial charge on any atom is 0.260 e. The van der Waals surface area contributed by atoms with Crippen molar-refractivity contribution in [1.82, 2.24) is 10.1 Å². The van der Waals surface area contributed by atoms with Gasteiger partial charge in [0.05, 0.1) is 11.1 Å². The summed E-state index contributed by atoms with van der Waals surface area (Å²) in [5.74, 6) is 1.25. The molecule has 5 nitrogen and oxygen atoms in total. The first kappa shape index (κ1) is 13.8. The molecule has 0 unspecified atom stereocenters. The molecule has 2 aromatic rings. The van der Waals surface area contributed by atoms with Gasteiger partial charge in [-0.3, -0.25) is 0 Å². The van der Waals surface area contributed by atoms with Gasteiger partial charge in [0.25, 0.3) is 5.89 Å².